The van der Waals surface area contributed by atoms with Crippen molar-refractivity contribution < 1.29 is 38.9 Å². The molecule has 4 aromatic carbocycles. The summed E-state index contributed by atoms with van der Waals surface area (Å²) in [5.74, 6) is -3.78. The Balaban J connectivity index is 1.71. The molecule has 1 aliphatic rings. The second-order valence-corrected chi connectivity index (χ2v) is 10.4. The van der Waals surface area contributed by atoms with Crippen LogP contribution in [-0.2, 0) is 10.2 Å². The summed E-state index contributed by atoms with van der Waals surface area (Å²) >= 11 is 6.05. The molecule has 1 amide bonds. The van der Waals surface area contributed by atoms with E-state index in [0.29, 0.717) is 27.6 Å². The molecule has 0 saturated carbocycles. The van der Waals surface area contributed by atoms with Crippen molar-refractivity contribution in [1.82, 2.24) is 0 Å². The van der Waals surface area contributed by atoms with Gasteiger partial charge in [0.25, 0.3) is 5.91 Å². The maximum absolute atomic E-state index is 14.0. The summed E-state index contributed by atoms with van der Waals surface area (Å²) in [6.45, 7) is 1.70. The zero-order valence-corrected chi connectivity index (χ0v) is 23.8. The SMILES string of the molecule is COc1ccc2c(c1)C(CC(=O)[O-])(c1ccccc1C(=O)Oc1ccccc1C(=O)O)C(C)N2C(=O)c1ccc(Cl)cc1. The summed E-state index contributed by atoms with van der Waals surface area (Å²) in [5, 5.41) is 22.5. The fourth-order valence-electron chi connectivity index (χ4n) is 5.75. The molecule has 218 valence electrons. The molecule has 4 aromatic rings. The van der Waals surface area contributed by atoms with Crippen molar-refractivity contribution >= 4 is 41.1 Å². The average molecular weight is 599 g/mol. The van der Waals surface area contributed by atoms with E-state index in [-0.39, 0.29) is 22.4 Å². The van der Waals surface area contributed by atoms with Gasteiger partial charge in [-0.15, -0.1) is 0 Å². The molecule has 0 radical (unpaired) electrons. The van der Waals surface area contributed by atoms with Crippen LogP contribution < -0.4 is 19.5 Å². The van der Waals surface area contributed by atoms with Crippen LogP contribution in [0.2, 0.25) is 5.02 Å². The number of carbonyl (C=O) groups is 4. The molecule has 2 unspecified atom stereocenters. The summed E-state index contributed by atoms with van der Waals surface area (Å²) in [6, 6.07) is 22.4. The van der Waals surface area contributed by atoms with E-state index in [4.69, 9.17) is 21.1 Å². The van der Waals surface area contributed by atoms with Crippen LogP contribution in [0.15, 0.2) is 91.0 Å². The second kappa shape index (κ2) is 11.6. The number of aromatic carboxylic acids is 1. The van der Waals surface area contributed by atoms with E-state index in [1.54, 1.807) is 67.6 Å². The molecule has 43 heavy (non-hydrogen) atoms. The number of rotatable bonds is 8. The van der Waals surface area contributed by atoms with Gasteiger partial charge in [-0.2, -0.15) is 0 Å². The molecule has 0 fully saturated rings. The lowest BCUT2D eigenvalue weighted by Crippen LogP contribution is -2.49. The summed E-state index contributed by atoms with van der Waals surface area (Å²) in [6.07, 6.45) is -0.602. The van der Waals surface area contributed by atoms with Gasteiger partial charge in [0.05, 0.1) is 12.7 Å². The molecule has 1 aliphatic heterocycles. The number of hydrogen-bond donors (Lipinski definition) is 1. The third kappa shape index (κ3) is 5.19. The van der Waals surface area contributed by atoms with Gasteiger partial charge in [-0.25, -0.2) is 9.59 Å². The van der Waals surface area contributed by atoms with Crippen molar-refractivity contribution in [3.8, 4) is 11.5 Å². The normalized spacial score (nSPS) is 17.2. The number of carbonyl (C=O) groups excluding carboxylic acids is 3. The molecular weight excluding hydrogens is 574 g/mol. The van der Waals surface area contributed by atoms with Crippen LogP contribution in [0, 0.1) is 0 Å². The summed E-state index contributed by atoms with van der Waals surface area (Å²) in [5.41, 5.74) is -0.309. The van der Waals surface area contributed by atoms with E-state index in [9.17, 15) is 29.4 Å². The average Bonchev–Trinajstić information content (AvgIpc) is 3.24. The first-order valence-corrected chi connectivity index (χ1v) is 13.6. The highest BCUT2D eigenvalue weighted by atomic mass is 35.5. The molecule has 10 heteroatoms. The van der Waals surface area contributed by atoms with Crippen LogP contribution in [0.3, 0.4) is 0 Å². The van der Waals surface area contributed by atoms with E-state index in [1.807, 2.05) is 0 Å². The molecule has 0 spiro atoms. The summed E-state index contributed by atoms with van der Waals surface area (Å²) in [7, 11) is 1.46. The monoisotopic (exact) mass is 598 g/mol. The van der Waals surface area contributed by atoms with Crippen LogP contribution in [0.25, 0.3) is 0 Å². The molecule has 1 N–H and O–H groups in total. The maximum Gasteiger partial charge on any atom is 0.343 e. The lowest BCUT2D eigenvalue weighted by Gasteiger charge is -2.38. The summed E-state index contributed by atoms with van der Waals surface area (Å²) < 4.78 is 11.0. The number of benzene rings is 4. The fourth-order valence-corrected chi connectivity index (χ4v) is 5.88. The zero-order valence-electron chi connectivity index (χ0n) is 23.1. The number of para-hydroxylation sites is 1. The number of halogens is 1. The van der Waals surface area contributed by atoms with Crippen molar-refractivity contribution in [1.29, 1.82) is 0 Å². The topological polar surface area (TPSA) is 133 Å². The number of aliphatic carboxylic acids is 1. The highest BCUT2D eigenvalue weighted by molar-refractivity contribution is 6.30. The van der Waals surface area contributed by atoms with Gasteiger partial charge in [-0.3, -0.25) is 4.79 Å². The molecule has 0 aliphatic carbocycles. The Kier molecular flexibility index (Phi) is 7.93. The third-order valence-electron chi connectivity index (χ3n) is 7.73. The second-order valence-electron chi connectivity index (χ2n) is 10.00. The van der Waals surface area contributed by atoms with E-state index in [2.05, 4.69) is 0 Å². The Morgan fingerprint density at radius 2 is 1.56 bits per heavy atom. The first-order chi connectivity index (χ1) is 20.6. The van der Waals surface area contributed by atoms with Gasteiger partial charge in [0.15, 0.2) is 0 Å². The predicted octanol–water partition coefficient (Wildman–Crippen LogP) is 4.74. The number of esters is 1. The molecule has 2 atom stereocenters. The van der Waals surface area contributed by atoms with Gasteiger partial charge in [-0.1, -0.05) is 41.9 Å². The quantitative estimate of drug-likeness (QED) is 0.227. The maximum atomic E-state index is 14.0. The van der Waals surface area contributed by atoms with Gasteiger partial charge in [0.1, 0.15) is 17.1 Å². The van der Waals surface area contributed by atoms with Gasteiger partial charge < -0.3 is 29.4 Å². The van der Waals surface area contributed by atoms with Gasteiger partial charge in [0.2, 0.25) is 0 Å². The van der Waals surface area contributed by atoms with Crippen LogP contribution in [0.4, 0.5) is 5.69 Å². The van der Waals surface area contributed by atoms with E-state index < -0.39 is 41.7 Å². The number of ether oxygens (including phenoxy) is 2. The highest BCUT2D eigenvalue weighted by Crippen LogP contribution is 2.53. The Labute approximate surface area is 251 Å². The molecule has 0 bridgehead atoms. The summed E-state index contributed by atoms with van der Waals surface area (Å²) in [4.78, 5) is 53.4. The molecule has 9 nitrogen and oxygen atoms in total. The van der Waals surface area contributed by atoms with Crippen molar-refractivity contribution in [2.75, 3.05) is 12.0 Å². The van der Waals surface area contributed by atoms with Crippen LogP contribution in [0.5, 0.6) is 11.5 Å². The van der Waals surface area contributed by atoms with Gasteiger partial charge in [0, 0.05) is 40.1 Å². The van der Waals surface area contributed by atoms with Crippen molar-refractivity contribution in [3.63, 3.8) is 0 Å². The first-order valence-electron chi connectivity index (χ1n) is 13.2. The molecule has 1 heterocycles. The number of amides is 1. The number of anilines is 1. The number of carboxylic acid groups (broad SMARTS) is 2. The molecule has 0 aromatic heterocycles. The smallest absolute Gasteiger partial charge is 0.343 e. The standard InChI is InChI=1S/C33H26ClNO8/c1-19-33(18-29(36)37,25-9-5-3-7-23(25)32(41)43-28-10-6-4-8-24(28)31(39)40)26-17-22(42-2)15-16-27(26)35(19)30(38)20-11-13-21(34)14-12-20/h3-17,19H,18H2,1-2H3,(H,36,37)(H,39,40)/p-1. The highest BCUT2D eigenvalue weighted by Gasteiger charge is 2.53. The van der Waals surface area contributed by atoms with E-state index in [0.717, 1.165) is 0 Å². The fraction of sp³-hybridized carbons (Fsp3) is 0.152. The van der Waals surface area contributed by atoms with E-state index in [1.165, 1.54) is 42.3 Å². The number of nitrogens with zero attached hydrogens (tertiary/aromatic N) is 1. The van der Waals surface area contributed by atoms with Gasteiger partial charge in [-0.05, 0) is 78.7 Å². The predicted molar refractivity (Wildman–Crippen MR) is 156 cm³/mol. The molecule has 0 saturated heterocycles. The Bertz CT molecular complexity index is 1750. The molecular formula is C33H25ClNO8-. The zero-order chi connectivity index (χ0) is 30.9. The van der Waals surface area contributed by atoms with Crippen molar-refractivity contribution in [2.45, 2.75) is 24.8 Å². The van der Waals surface area contributed by atoms with E-state index >= 15 is 0 Å². The van der Waals surface area contributed by atoms with Crippen molar-refractivity contribution in [2.24, 2.45) is 0 Å². The first kappa shape index (κ1) is 29.3. The number of methoxy groups -OCH3 is 1. The lowest BCUT2D eigenvalue weighted by atomic mass is 9.67. The van der Waals surface area contributed by atoms with Crippen LogP contribution in [-0.4, -0.2) is 42.1 Å². The minimum absolute atomic E-state index is 0.00893. The Morgan fingerprint density at radius 1 is 0.907 bits per heavy atom. The minimum Gasteiger partial charge on any atom is -0.550 e. The Morgan fingerprint density at radius 3 is 2.21 bits per heavy atom. The van der Waals surface area contributed by atoms with Crippen LogP contribution >= 0.6 is 11.6 Å². The number of hydrogen-bond acceptors (Lipinski definition) is 7. The number of carboxylic acids is 2. The Hall–Kier alpha value is -5.15. The van der Waals surface area contributed by atoms with Crippen molar-refractivity contribution in [3.05, 3.63) is 124 Å². The largest absolute Gasteiger partial charge is 0.550 e. The minimum atomic E-state index is -1.51. The van der Waals surface area contributed by atoms with Gasteiger partial charge >= 0.3 is 11.9 Å². The number of fused-ring (bicyclic) bond motifs is 1. The third-order valence-corrected chi connectivity index (χ3v) is 7.98. The van der Waals surface area contributed by atoms with Crippen LogP contribution in [0.1, 0.15) is 55.5 Å². The lowest BCUT2D eigenvalue weighted by molar-refractivity contribution is -0.307. The molecule has 5 rings (SSSR count).